The van der Waals surface area contributed by atoms with Crippen LogP contribution >= 0.6 is 0 Å². The Kier molecular flexibility index (Phi) is 5.92. The molecule has 0 spiro atoms. The monoisotopic (exact) mass is 337 g/mol. The summed E-state index contributed by atoms with van der Waals surface area (Å²) in [4.78, 5) is 43.1. The van der Waals surface area contributed by atoms with Gasteiger partial charge in [-0.05, 0) is 19.8 Å². The normalized spacial score (nSPS) is 12.1. The van der Waals surface area contributed by atoms with Gasteiger partial charge in [0.25, 0.3) is 11.5 Å². The number of nitrogens with zero attached hydrogens (tertiary/aromatic N) is 1. The van der Waals surface area contributed by atoms with Gasteiger partial charge in [-0.15, -0.1) is 0 Å². The number of amides is 1. The Morgan fingerprint density at radius 2 is 1.75 bits per heavy atom. The largest absolute Gasteiger partial charge is 0.481 e. The summed E-state index contributed by atoms with van der Waals surface area (Å²) in [5, 5.41) is 12.0. The molecule has 0 saturated heterocycles. The van der Waals surface area contributed by atoms with Crippen molar-refractivity contribution in [1.29, 1.82) is 0 Å². The number of H-pyrrole nitrogens is 1. The van der Waals surface area contributed by atoms with E-state index in [2.05, 4.69) is 15.3 Å². The highest BCUT2D eigenvalue weighted by Gasteiger charge is 2.35. The lowest BCUT2D eigenvalue weighted by Crippen LogP contribution is -2.44. The zero-order valence-electron chi connectivity index (χ0n) is 15.2. The highest BCUT2D eigenvalue weighted by atomic mass is 16.4. The molecule has 0 atom stereocenters. The molecule has 0 saturated carbocycles. The van der Waals surface area contributed by atoms with Gasteiger partial charge < -0.3 is 15.4 Å². The fourth-order valence-corrected chi connectivity index (χ4v) is 2.42. The summed E-state index contributed by atoms with van der Waals surface area (Å²) in [6.07, 6.45) is 0.769. The molecular weight excluding hydrogens is 310 g/mol. The molecule has 7 heteroatoms. The lowest BCUT2D eigenvalue weighted by molar-refractivity contribution is -0.149. The van der Waals surface area contributed by atoms with Crippen LogP contribution in [0.1, 0.15) is 69.3 Å². The number of nitrogens with one attached hydrogen (secondary N) is 2. The Morgan fingerprint density at radius 1 is 1.21 bits per heavy atom. The molecule has 0 bridgehead atoms. The van der Waals surface area contributed by atoms with E-state index in [9.17, 15) is 19.5 Å². The second kappa shape index (κ2) is 7.15. The molecule has 134 valence electrons. The number of rotatable bonds is 6. The first kappa shape index (κ1) is 19.9. The molecule has 3 N–H and O–H groups in total. The van der Waals surface area contributed by atoms with Crippen LogP contribution in [0.2, 0.25) is 0 Å². The first-order valence-electron chi connectivity index (χ1n) is 8.11. The second-order valence-electron chi connectivity index (χ2n) is 7.10. The van der Waals surface area contributed by atoms with E-state index in [1.807, 2.05) is 20.8 Å². The molecule has 0 aliphatic rings. The van der Waals surface area contributed by atoms with Crippen molar-refractivity contribution >= 4 is 11.9 Å². The van der Waals surface area contributed by atoms with E-state index >= 15 is 0 Å². The summed E-state index contributed by atoms with van der Waals surface area (Å²) in [6, 6.07) is 0. The number of carbonyl (C=O) groups is 2. The Labute approximate surface area is 141 Å². The molecule has 7 nitrogen and oxygen atoms in total. The molecule has 24 heavy (non-hydrogen) atoms. The van der Waals surface area contributed by atoms with Gasteiger partial charge in [0.1, 0.15) is 11.4 Å². The molecule has 0 aliphatic carbocycles. The number of aryl methyl sites for hydroxylation is 1. The Hall–Kier alpha value is -2.18. The molecule has 1 rings (SSSR count). The van der Waals surface area contributed by atoms with Gasteiger partial charge in [-0.25, -0.2) is 4.98 Å². The molecule has 1 aromatic heterocycles. The molecule has 1 heterocycles. The van der Waals surface area contributed by atoms with E-state index in [-0.39, 0.29) is 17.5 Å². The highest BCUT2D eigenvalue weighted by Crippen LogP contribution is 2.25. The second-order valence-corrected chi connectivity index (χ2v) is 7.10. The van der Waals surface area contributed by atoms with Crippen LogP contribution in [0.4, 0.5) is 0 Å². The average Bonchev–Trinajstić information content (AvgIpc) is 2.46. The maximum absolute atomic E-state index is 12.4. The van der Waals surface area contributed by atoms with Crippen LogP contribution in [0, 0.1) is 12.3 Å². The van der Waals surface area contributed by atoms with Gasteiger partial charge >= 0.3 is 5.97 Å². The standard InChI is InChI=1S/C17H27N3O4/c1-7-17(8-2,15(23)24)9-18-12(21)11-10(3)19-14(16(4,5)6)20-13(11)22/h7-9H2,1-6H3,(H,18,21)(H,23,24)(H,19,20,22). The van der Waals surface area contributed by atoms with Gasteiger partial charge in [0, 0.05) is 12.0 Å². The topological polar surface area (TPSA) is 112 Å². The van der Waals surface area contributed by atoms with Crippen molar-refractivity contribution in [1.82, 2.24) is 15.3 Å². The molecule has 0 aromatic carbocycles. The Morgan fingerprint density at radius 3 is 2.12 bits per heavy atom. The minimum absolute atomic E-state index is 0.0337. The van der Waals surface area contributed by atoms with Crippen molar-refractivity contribution in [2.24, 2.45) is 5.41 Å². The van der Waals surface area contributed by atoms with Crippen molar-refractivity contribution < 1.29 is 14.7 Å². The lowest BCUT2D eigenvalue weighted by atomic mass is 9.82. The maximum atomic E-state index is 12.4. The van der Waals surface area contributed by atoms with E-state index in [0.29, 0.717) is 24.4 Å². The summed E-state index contributed by atoms with van der Waals surface area (Å²) in [7, 11) is 0. The summed E-state index contributed by atoms with van der Waals surface area (Å²) in [6.45, 7) is 10.8. The van der Waals surface area contributed by atoms with Crippen molar-refractivity contribution in [3.05, 3.63) is 27.4 Å². The Bertz CT molecular complexity index is 682. The van der Waals surface area contributed by atoms with Gasteiger partial charge in [-0.3, -0.25) is 14.4 Å². The third-order valence-corrected chi connectivity index (χ3v) is 4.43. The van der Waals surface area contributed by atoms with Crippen molar-refractivity contribution in [3.63, 3.8) is 0 Å². The van der Waals surface area contributed by atoms with Crippen molar-refractivity contribution in [3.8, 4) is 0 Å². The molecule has 0 fully saturated rings. The third-order valence-electron chi connectivity index (χ3n) is 4.43. The first-order chi connectivity index (χ1) is 11.0. The zero-order valence-corrected chi connectivity index (χ0v) is 15.2. The minimum Gasteiger partial charge on any atom is -0.481 e. The Balaban J connectivity index is 3.09. The van der Waals surface area contributed by atoms with E-state index in [0.717, 1.165) is 0 Å². The number of carboxylic acid groups (broad SMARTS) is 1. The predicted octanol–water partition coefficient (Wildman–Crippen LogP) is 2.00. The van der Waals surface area contributed by atoms with Gasteiger partial charge in [-0.1, -0.05) is 34.6 Å². The molecule has 0 aliphatic heterocycles. The van der Waals surface area contributed by atoms with Crippen molar-refractivity contribution in [2.45, 2.75) is 59.8 Å². The minimum atomic E-state index is -1.03. The summed E-state index contributed by atoms with van der Waals surface area (Å²) in [5.41, 5.74) is -1.64. The molecule has 0 radical (unpaired) electrons. The lowest BCUT2D eigenvalue weighted by Gasteiger charge is -2.27. The van der Waals surface area contributed by atoms with Gasteiger partial charge in [-0.2, -0.15) is 0 Å². The highest BCUT2D eigenvalue weighted by molar-refractivity contribution is 5.95. The van der Waals surface area contributed by atoms with Crippen LogP contribution < -0.4 is 10.9 Å². The van der Waals surface area contributed by atoms with Crippen LogP contribution in [0.3, 0.4) is 0 Å². The number of aliphatic carboxylic acids is 1. The molecular formula is C17H27N3O4. The van der Waals surface area contributed by atoms with Crippen LogP contribution in [0.15, 0.2) is 4.79 Å². The number of aromatic amines is 1. The van der Waals surface area contributed by atoms with Crippen LogP contribution in [-0.2, 0) is 10.2 Å². The quantitative estimate of drug-likeness (QED) is 0.735. The van der Waals surface area contributed by atoms with E-state index in [4.69, 9.17) is 0 Å². The third kappa shape index (κ3) is 4.01. The predicted molar refractivity (Wildman–Crippen MR) is 91.3 cm³/mol. The first-order valence-corrected chi connectivity index (χ1v) is 8.11. The number of carbonyl (C=O) groups excluding carboxylic acids is 1. The van der Waals surface area contributed by atoms with Crippen LogP contribution in [0.25, 0.3) is 0 Å². The van der Waals surface area contributed by atoms with Gasteiger partial charge in [0.2, 0.25) is 0 Å². The van der Waals surface area contributed by atoms with Gasteiger partial charge in [0.15, 0.2) is 0 Å². The van der Waals surface area contributed by atoms with Gasteiger partial charge in [0.05, 0.1) is 11.1 Å². The van der Waals surface area contributed by atoms with Crippen LogP contribution in [0.5, 0.6) is 0 Å². The fraction of sp³-hybridized carbons (Fsp3) is 0.647. The number of carboxylic acids is 1. The summed E-state index contributed by atoms with van der Waals surface area (Å²) in [5.74, 6) is -1.06. The SMILES string of the molecule is CCC(CC)(CNC(=O)c1c(C)nc(C(C)(C)C)[nH]c1=O)C(=O)O. The fourth-order valence-electron chi connectivity index (χ4n) is 2.42. The van der Waals surface area contributed by atoms with Crippen molar-refractivity contribution in [2.75, 3.05) is 6.54 Å². The molecule has 1 amide bonds. The molecule has 0 unspecified atom stereocenters. The smallest absolute Gasteiger partial charge is 0.311 e. The number of hydrogen-bond acceptors (Lipinski definition) is 4. The number of hydrogen-bond donors (Lipinski definition) is 3. The van der Waals surface area contributed by atoms with E-state index in [1.165, 1.54) is 0 Å². The summed E-state index contributed by atoms with van der Waals surface area (Å²) >= 11 is 0. The van der Waals surface area contributed by atoms with Crippen LogP contribution in [-0.4, -0.2) is 33.5 Å². The summed E-state index contributed by atoms with van der Waals surface area (Å²) < 4.78 is 0. The maximum Gasteiger partial charge on any atom is 0.311 e. The zero-order chi connectivity index (χ0) is 18.7. The van der Waals surface area contributed by atoms with E-state index < -0.39 is 22.9 Å². The molecule has 1 aromatic rings. The van der Waals surface area contributed by atoms with E-state index in [1.54, 1.807) is 20.8 Å². The number of aromatic nitrogens is 2. The average molecular weight is 337 g/mol.